The van der Waals surface area contributed by atoms with Gasteiger partial charge in [-0.05, 0) is 86.1 Å². The first-order valence-corrected chi connectivity index (χ1v) is 8.59. The van der Waals surface area contributed by atoms with Crippen molar-refractivity contribution in [3.05, 3.63) is 35.1 Å². The standard InChI is InChI=1S/C19H28FN/c1-3-8-21-13-19(11-15-4-6-17(19)10-15)12-16-5-7-18(20)9-14(16)2/h5,7,9,15,17,21H,3-4,6,8,10-13H2,1-2H3. The summed E-state index contributed by atoms with van der Waals surface area (Å²) in [6, 6.07) is 5.33. The van der Waals surface area contributed by atoms with Crippen molar-refractivity contribution < 1.29 is 4.39 Å². The summed E-state index contributed by atoms with van der Waals surface area (Å²) >= 11 is 0. The Labute approximate surface area is 128 Å². The fourth-order valence-electron chi connectivity index (χ4n) is 4.80. The molecule has 1 nitrogen and oxygen atoms in total. The molecular weight excluding hydrogens is 261 g/mol. The Bertz CT molecular complexity index is 498. The summed E-state index contributed by atoms with van der Waals surface area (Å²) in [7, 11) is 0. The number of aryl methyl sites for hydroxylation is 1. The Morgan fingerprint density at radius 1 is 1.33 bits per heavy atom. The van der Waals surface area contributed by atoms with Crippen LogP contribution in [0.4, 0.5) is 4.39 Å². The smallest absolute Gasteiger partial charge is 0.123 e. The molecule has 2 fully saturated rings. The minimum Gasteiger partial charge on any atom is -0.316 e. The van der Waals surface area contributed by atoms with Gasteiger partial charge in [0, 0.05) is 6.54 Å². The molecule has 0 spiro atoms. The van der Waals surface area contributed by atoms with Gasteiger partial charge in [-0.1, -0.05) is 19.4 Å². The fourth-order valence-corrected chi connectivity index (χ4v) is 4.80. The Kier molecular flexibility index (Phi) is 4.35. The molecule has 0 aliphatic heterocycles. The second-order valence-electron chi connectivity index (χ2n) is 7.37. The highest BCUT2D eigenvalue weighted by molar-refractivity contribution is 5.28. The van der Waals surface area contributed by atoms with E-state index < -0.39 is 0 Å². The molecule has 3 rings (SSSR count). The SMILES string of the molecule is CCCNCC1(Cc2ccc(F)cc2C)CC2CCC1C2. The van der Waals surface area contributed by atoms with Crippen molar-refractivity contribution in [3.8, 4) is 0 Å². The van der Waals surface area contributed by atoms with E-state index in [4.69, 9.17) is 0 Å². The topological polar surface area (TPSA) is 12.0 Å². The molecule has 1 aromatic rings. The summed E-state index contributed by atoms with van der Waals surface area (Å²) in [5.41, 5.74) is 2.88. The Morgan fingerprint density at radius 3 is 2.81 bits per heavy atom. The highest BCUT2D eigenvalue weighted by Crippen LogP contribution is 2.57. The average Bonchev–Trinajstić information content (AvgIpc) is 3.03. The van der Waals surface area contributed by atoms with E-state index in [1.165, 1.54) is 37.7 Å². The molecule has 3 atom stereocenters. The van der Waals surface area contributed by atoms with Crippen LogP contribution in [-0.4, -0.2) is 13.1 Å². The molecule has 0 aromatic heterocycles. The summed E-state index contributed by atoms with van der Waals surface area (Å²) in [5.74, 6) is 1.71. The summed E-state index contributed by atoms with van der Waals surface area (Å²) in [4.78, 5) is 0. The number of nitrogens with one attached hydrogen (secondary N) is 1. The first kappa shape index (κ1) is 15.0. The van der Waals surface area contributed by atoms with E-state index in [0.717, 1.165) is 36.9 Å². The number of rotatable bonds is 6. The number of hydrogen-bond acceptors (Lipinski definition) is 1. The van der Waals surface area contributed by atoms with E-state index in [0.29, 0.717) is 5.41 Å². The quantitative estimate of drug-likeness (QED) is 0.761. The van der Waals surface area contributed by atoms with Gasteiger partial charge in [-0.25, -0.2) is 4.39 Å². The minimum atomic E-state index is -0.109. The van der Waals surface area contributed by atoms with Crippen molar-refractivity contribution in [2.75, 3.05) is 13.1 Å². The maximum absolute atomic E-state index is 13.3. The van der Waals surface area contributed by atoms with Crippen molar-refractivity contribution >= 4 is 0 Å². The van der Waals surface area contributed by atoms with Gasteiger partial charge in [-0.2, -0.15) is 0 Å². The Morgan fingerprint density at radius 2 is 2.19 bits per heavy atom. The van der Waals surface area contributed by atoms with Gasteiger partial charge in [-0.3, -0.25) is 0 Å². The van der Waals surface area contributed by atoms with Crippen LogP contribution in [0.2, 0.25) is 0 Å². The molecule has 1 aromatic carbocycles. The lowest BCUT2D eigenvalue weighted by Crippen LogP contribution is -2.41. The molecule has 2 aliphatic rings. The largest absolute Gasteiger partial charge is 0.316 e. The second kappa shape index (κ2) is 6.08. The molecule has 116 valence electrons. The van der Waals surface area contributed by atoms with Gasteiger partial charge in [0.05, 0.1) is 0 Å². The second-order valence-corrected chi connectivity index (χ2v) is 7.37. The third kappa shape index (κ3) is 3.01. The molecule has 1 N–H and O–H groups in total. The van der Waals surface area contributed by atoms with Crippen LogP contribution in [-0.2, 0) is 6.42 Å². The van der Waals surface area contributed by atoms with Crippen LogP contribution >= 0.6 is 0 Å². The maximum atomic E-state index is 13.3. The zero-order valence-corrected chi connectivity index (χ0v) is 13.4. The number of benzene rings is 1. The third-order valence-electron chi connectivity index (χ3n) is 5.85. The monoisotopic (exact) mass is 289 g/mol. The van der Waals surface area contributed by atoms with Gasteiger partial charge < -0.3 is 5.32 Å². The minimum absolute atomic E-state index is 0.109. The van der Waals surface area contributed by atoms with Crippen molar-refractivity contribution in [1.82, 2.24) is 5.32 Å². The highest BCUT2D eigenvalue weighted by Gasteiger charge is 2.50. The fraction of sp³-hybridized carbons (Fsp3) is 0.684. The van der Waals surface area contributed by atoms with Gasteiger partial charge in [0.15, 0.2) is 0 Å². The summed E-state index contributed by atoms with van der Waals surface area (Å²) < 4.78 is 13.3. The van der Waals surface area contributed by atoms with Gasteiger partial charge in [0.1, 0.15) is 5.82 Å². The van der Waals surface area contributed by atoms with Crippen LogP contribution in [0.1, 0.15) is 50.2 Å². The Hall–Kier alpha value is -0.890. The van der Waals surface area contributed by atoms with Gasteiger partial charge in [0.25, 0.3) is 0 Å². The summed E-state index contributed by atoms with van der Waals surface area (Å²) in [5, 5.41) is 3.68. The van der Waals surface area contributed by atoms with E-state index in [1.807, 2.05) is 6.07 Å². The van der Waals surface area contributed by atoms with E-state index in [1.54, 1.807) is 12.1 Å². The average molecular weight is 289 g/mol. The molecular formula is C19H28FN. The van der Waals surface area contributed by atoms with Gasteiger partial charge in [-0.15, -0.1) is 0 Å². The van der Waals surface area contributed by atoms with Crippen molar-refractivity contribution in [2.24, 2.45) is 17.3 Å². The summed E-state index contributed by atoms with van der Waals surface area (Å²) in [6.07, 6.45) is 7.94. The molecule has 0 radical (unpaired) electrons. The van der Waals surface area contributed by atoms with Crippen LogP contribution < -0.4 is 5.32 Å². The van der Waals surface area contributed by atoms with Crippen molar-refractivity contribution in [3.63, 3.8) is 0 Å². The van der Waals surface area contributed by atoms with Crippen LogP contribution in [0.15, 0.2) is 18.2 Å². The predicted octanol–water partition coefficient (Wildman–Crippen LogP) is 4.48. The van der Waals surface area contributed by atoms with Crippen LogP contribution in [0, 0.1) is 30.0 Å². The molecule has 3 unspecified atom stereocenters. The lowest BCUT2D eigenvalue weighted by Gasteiger charge is -2.39. The highest BCUT2D eigenvalue weighted by atomic mass is 19.1. The molecule has 2 saturated carbocycles. The van der Waals surface area contributed by atoms with E-state index in [2.05, 4.69) is 19.2 Å². The molecule has 0 heterocycles. The number of halogens is 1. The van der Waals surface area contributed by atoms with Crippen molar-refractivity contribution in [1.29, 1.82) is 0 Å². The molecule has 0 saturated heterocycles. The lowest BCUT2D eigenvalue weighted by molar-refractivity contribution is 0.156. The maximum Gasteiger partial charge on any atom is 0.123 e. The van der Waals surface area contributed by atoms with Gasteiger partial charge >= 0.3 is 0 Å². The molecule has 2 bridgehead atoms. The van der Waals surface area contributed by atoms with E-state index in [9.17, 15) is 4.39 Å². The Balaban J connectivity index is 1.79. The molecule has 21 heavy (non-hydrogen) atoms. The zero-order chi connectivity index (χ0) is 14.9. The first-order chi connectivity index (χ1) is 10.1. The number of fused-ring (bicyclic) bond motifs is 2. The lowest BCUT2D eigenvalue weighted by atomic mass is 9.69. The van der Waals surface area contributed by atoms with Crippen molar-refractivity contribution in [2.45, 2.75) is 52.4 Å². The van der Waals surface area contributed by atoms with Gasteiger partial charge in [0.2, 0.25) is 0 Å². The molecule has 2 heteroatoms. The summed E-state index contributed by atoms with van der Waals surface area (Å²) in [6.45, 7) is 6.53. The third-order valence-corrected chi connectivity index (χ3v) is 5.85. The number of hydrogen-bond donors (Lipinski definition) is 1. The zero-order valence-electron chi connectivity index (χ0n) is 13.4. The van der Waals surface area contributed by atoms with Crippen LogP contribution in [0.3, 0.4) is 0 Å². The van der Waals surface area contributed by atoms with Crippen LogP contribution in [0.25, 0.3) is 0 Å². The van der Waals surface area contributed by atoms with Crippen LogP contribution in [0.5, 0.6) is 0 Å². The predicted molar refractivity (Wildman–Crippen MR) is 85.9 cm³/mol. The molecule has 2 aliphatic carbocycles. The molecule has 0 amide bonds. The first-order valence-electron chi connectivity index (χ1n) is 8.59. The van der Waals surface area contributed by atoms with E-state index in [-0.39, 0.29) is 5.82 Å². The normalized spacial score (nSPS) is 31.0. The van der Waals surface area contributed by atoms with E-state index >= 15 is 0 Å².